The van der Waals surface area contributed by atoms with Gasteiger partial charge in [0, 0.05) is 28.9 Å². The van der Waals surface area contributed by atoms with Crippen LogP contribution in [0, 0.1) is 5.82 Å². The number of carbonyl (C=O) groups is 1. The second-order valence-electron chi connectivity index (χ2n) is 4.21. The van der Waals surface area contributed by atoms with E-state index in [4.69, 9.17) is 11.6 Å². The number of nitrogens with one attached hydrogen (secondary N) is 1. The Morgan fingerprint density at radius 1 is 1.38 bits per heavy atom. The molecule has 0 aliphatic rings. The molecule has 0 bridgehead atoms. The van der Waals surface area contributed by atoms with E-state index in [0.29, 0.717) is 17.3 Å². The van der Waals surface area contributed by atoms with Crippen LogP contribution in [0.2, 0.25) is 5.15 Å². The molecule has 0 unspecified atom stereocenters. The average molecular weight is 370 g/mol. The molecule has 0 aliphatic carbocycles. The van der Waals surface area contributed by atoms with Crippen LogP contribution >= 0.6 is 27.5 Å². The highest BCUT2D eigenvalue weighted by Gasteiger charge is 2.01. The highest BCUT2D eigenvalue weighted by molar-refractivity contribution is 9.10. The van der Waals surface area contributed by atoms with Gasteiger partial charge < -0.3 is 5.32 Å². The van der Waals surface area contributed by atoms with Crippen LogP contribution in [0.4, 0.5) is 4.39 Å². The summed E-state index contributed by atoms with van der Waals surface area (Å²) in [4.78, 5) is 15.6. The third-order valence-electron chi connectivity index (χ3n) is 2.63. The van der Waals surface area contributed by atoms with Crippen molar-refractivity contribution in [2.24, 2.45) is 0 Å². The highest BCUT2D eigenvalue weighted by Crippen LogP contribution is 2.16. The zero-order valence-electron chi connectivity index (χ0n) is 10.8. The molecule has 2 rings (SSSR count). The Morgan fingerprint density at radius 3 is 2.90 bits per heavy atom. The number of aromatic nitrogens is 1. The lowest BCUT2D eigenvalue weighted by Gasteiger charge is -2.02. The minimum atomic E-state index is -0.385. The smallest absolute Gasteiger partial charge is 0.244 e. The molecule has 1 aromatic heterocycles. The summed E-state index contributed by atoms with van der Waals surface area (Å²) in [6, 6.07) is 7.95. The number of carbonyl (C=O) groups excluding carboxylic acids is 1. The van der Waals surface area contributed by atoms with E-state index >= 15 is 0 Å². The Kier molecular flexibility index (Phi) is 5.47. The van der Waals surface area contributed by atoms with Crippen LogP contribution in [0.1, 0.15) is 11.1 Å². The molecule has 0 saturated heterocycles. The lowest BCUT2D eigenvalue weighted by molar-refractivity contribution is -0.116. The van der Waals surface area contributed by atoms with E-state index in [1.807, 2.05) is 0 Å². The number of rotatable bonds is 4. The molecule has 0 fully saturated rings. The number of hydrogen-bond donors (Lipinski definition) is 1. The van der Waals surface area contributed by atoms with Gasteiger partial charge in [0.05, 0.1) is 0 Å². The molecule has 6 heteroatoms. The summed E-state index contributed by atoms with van der Waals surface area (Å²) in [5.41, 5.74) is 1.17. The Labute approximate surface area is 135 Å². The number of amides is 1. The van der Waals surface area contributed by atoms with Crippen molar-refractivity contribution in [2.75, 3.05) is 0 Å². The maximum atomic E-state index is 13.5. The van der Waals surface area contributed by atoms with E-state index in [1.165, 1.54) is 18.2 Å². The number of halogens is 3. The maximum Gasteiger partial charge on any atom is 0.244 e. The molecule has 0 radical (unpaired) electrons. The van der Waals surface area contributed by atoms with Gasteiger partial charge in [-0.05, 0) is 35.9 Å². The van der Waals surface area contributed by atoms with Crippen molar-refractivity contribution in [3.8, 4) is 0 Å². The molecular formula is C15H11BrClFN2O. The number of hydrogen-bond acceptors (Lipinski definition) is 2. The van der Waals surface area contributed by atoms with Gasteiger partial charge in [-0.25, -0.2) is 9.37 Å². The second kappa shape index (κ2) is 7.33. The summed E-state index contributed by atoms with van der Waals surface area (Å²) in [7, 11) is 0. The first-order chi connectivity index (χ1) is 10.0. The van der Waals surface area contributed by atoms with E-state index in [2.05, 4.69) is 26.2 Å². The van der Waals surface area contributed by atoms with Gasteiger partial charge in [0.2, 0.25) is 5.91 Å². The van der Waals surface area contributed by atoms with Crippen LogP contribution in [0.3, 0.4) is 0 Å². The molecule has 0 saturated carbocycles. The van der Waals surface area contributed by atoms with Gasteiger partial charge in [-0.1, -0.05) is 33.6 Å². The summed E-state index contributed by atoms with van der Waals surface area (Å²) in [5, 5.41) is 3.08. The number of benzene rings is 1. The first kappa shape index (κ1) is 15.7. The Hall–Kier alpha value is -1.72. The standard InChI is InChI=1S/C15H11BrClFN2O/c16-12-3-4-13(18)11(7-12)2-6-15(21)20-9-10-1-5-14(17)19-8-10/h1-8H,9H2,(H,20,21). The molecule has 3 nitrogen and oxygen atoms in total. The van der Waals surface area contributed by atoms with Gasteiger partial charge in [0.15, 0.2) is 0 Å². The summed E-state index contributed by atoms with van der Waals surface area (Å²) in [6.07, 6.45) is 4.30. The van der Waals surface area contributed by atoms with E-state index in [1.54, 1.807) is 30.5 Å². The lowest BCUT2D eigenvalue weighted by atomic mass is 10.2. The third kappa shape index (κ3) is 4.95. The molecule has 1 N–H and O–H groups in total. The zero-order valence-corrected chi connectivity index (χ0v) is 13.2. The molecule has 0 atom stereocenters. The van der Waals surface area contributed by atoms with Crippen LogP contribution in [0.15, 0.2) is 47.1 Å². The predicted octanol–water partition coefficient (Wildman–Crippen LogP) is 3.97. The molecule has 1 heterocycles. The Balaban J connectivity index is 1.93. The first-order valence-electron chi connectivity index (χ1n) is 6.06. The molecule has 21 heavy (non-hydrogen) atoms. The van der Waals surface area contributed by atoms with Crippen LogP contribution in [-0.2, 0) is 11.3 Å². The van der Waals surface area contributed by atoms with Gasteiger partial charge >= 0.3 is 0 Å². The van der Waals surface area contributed by atoms with Gasteiger partial charge in [-0.15, -0.1) is 0 Å². The fourth-order valence-corrected chi connectivity index (χ4v) is 2.06. The molecule has 2 aromatic rings. The SMILES string of the molecule is O=C(C=Cc1cc(Br)ccc1F)NCc1ccc(Cl)nc1. The third-order valence-corrected chi connectivity index (χ3v) is 3.34. The average Bonchev–Trinajstić information content (AvgIpc) is 2.47. The van der Waals surface area contributed by atoms with E-state index in [0.717, 1.165) is 10.0 Å². The van der Waals surface area contributed by atoms with Gasteiger partial charge in [-0.2, -0.15) is 0 Å². The van der Waals surface area contributed by atoms with Crippen molar-refractivity contribution >= 4 is 39.5 Å². The quantitative estimate of drug-likeness (QED) is 0.654. The minimum Gasteiger partial charge on any atom is -0.348 e. The molecule has 1 amide bonds. The first-order valence-corrected chi connectivity index (χ1v) is 7.23. The van der Waals surface area contributed by atoms with Gasteiger partial charge in [0.25, 0.3) is 0 Å². The highest BCUT2D eigenvalue weighted by atomic mass is 79.9. The van der Waals surface area contributed by atoms with E-state index in [9.17, 15) is 9.18 Å². The van der Waals surface area contributed by atoms with Crippen LogP contribution in [0.25, 0.3) is 6.08 Å². The van der Waals surface area contributed by atoms with Gasteiger partial charge in [-0.3, -0.25) is 4.79 Å². The minimum absolute atomic E-state index is 0.315. The monoisotopic (exact) mass is 368 g/mol. The fraction of sp³-hybridized carbons (Fsp3) is 0.0667. The summed E-state index contributed by atoms with van der Waals surface area (Å²) in [5.74, 6) is -0.700. The van der Waals surface area contributed by atoms with Crippen molar-refractivity contribution in [2.45, 2.75) is 6.54 Å². The van der Waals surface area contributed by atoms with E-state index in [-0.39, 0.29) is 11.7 Å². The molecular weight excluding hydrogens is 359 g/mol. The number of pyridine rings is 1. The molecule has 1 aromatic carbocycles. The van der Waals surface area contributed by atoms with Crippen LogP contribution in [-0.4, -0.2) is 10.9 Å². The van der Waals surface area contributed by atoms with Crippen molar-refractivity contribution in [1.29, 1.82) is 0 Å². The second-order valence-corrected chi connectivity index (χ2v) is 5.51. The summed E-state index contributed by atoms with van der Waals surface area (Å²) in [6.45, 7) is 0.328. The lowest BCUT2D eigenvalue weighted by Crippen LogP contribution is -2.20. The van der Waals surface area contributed by atoms with Crippen molar-refractivity contribution in [3.63, 3.8) is 0 Å². The summed E-state index contributed by atoms with van der Waals surface area (Å²) < 4.78 is 14.2. The Morgan fingerprint density at radius 2 is 2.19 bits per heavy atom. The van der Waals surface area contributed by atoms with Crippen molar-refractivity contribution < 1.29 is 9.18 Å². The van der Waals surface area contributed by atoms with Crippen LogP contribution < -0.4 is 5.32 Å². The topological polar surface area (TPSA) is 42.0 Å². The van der Waals surface area contributed by atoms with E-state index < -0.39 is 0 Å². The summed E-state index contributed by atoms with van der Waals surface area (Å²) >= 11 is 8.92. The molecule has 0 spiro atoms. The maximum absolute atomic E-state index is 13.5. The van der Waals surface area contributed by atoms with Crippen molar-refractivity contribution in [1.82, 2.24) is 10.3 Å². The zero-order chi connectivity index (χ0) is 15.2. The predicted molar refractivity (Wildman–Crippen MR) is 84.2 cm³/mol. The fourth-order valence-electron chi connectivity index (χ4n) is 1.57. The Bertz CT molecular complexity index is 674. The normalized spacial score (nSPS) is 10.8. The van der Waals surface area contributed by atoms with Crippen LogP contribution in [0.5, 0.6) is 0 Å². The molecule has 108 valence electrons. The van der Waals surface area contributed by atoms with Gasteiger partial charge in [0.1, 0.15) is 11.0 Å². The molecule has 0 aliphatic heterocycles. The number of nitrogens with zero attached hydrogens (tertiary/aromatic N) is 1. The van der Waals surface area contributed by atoms with Crippen molar-refractivity contribution in [3.05, 3.63) is 69.2 Å². The largest absolute Gasteiger partial charge is 0.348 e.